The van der Waals surface area contributed by atoms with Crippen molar-refractivity contribution in [1.82, 2.24) is 14.5 Å². The van der Waals surface area contributed by atoms with E-state index in [1.54, 1.807) is 12.3 Å². The number of nitrogens with zero attached hydrogens (tertiary/aromatic N) is 3. The maximum absolute atomic E-state index is 6.63. The average Bonchev–Trinajstić information content (AvgIpc) is 2.95. The van der Waals surface area contributed by atoms with Crippen molar-refractivity contribution in [3.8, 4) is 22.9 Å². The first-order valence-electron chi connectivity index (χ1n) is 9.76. The molecule has 5 rings (SSSR count). The Morgan fingerprint density at radius 3 is 2.50 bits per heavy atom. The zero-order chi connectivity index (χ0) is 20.8. The third kappa shape index (κ3) is 2.98. The van der Waals surface area contributed by atoms with E-state index >= 15 is 0 Å². The molecule has 1 saturated carbocycles. The van der Waals surface area contributed by atoms with Crippen molar-refractivity contribution in [2.45, 2.75) is 25.3 Å². The Morgan fingerprint density at radius 1 is 1.00 bits per heavy atom. The summed E-state index contributed by atoms with van der Waals surface area (Å²) >= 11 is 6.55. The minimum absolute atomic E-state index is 0.237. The van der Waals surface area contributed by atoms with E-state index in [1.165, 1.54) is 12.6 Å². The van der Waals surface area contributed by atoms with Crippen LogP contribution in [0.5, 0.6) is 11.6 Å². The number of nitrogen functional groups attached to an aromatic ring is 3. The van der Waals surface area contributed by atoms with Gasteiger partial charge in [-0.2, -0.15) is 0 Å². The molecule has 0 spiro atoms. The molecule has 8 heteroatoms. The maximum atomic E-state index is 6.63. The standard InChI is InChI=1S/C22H21ClN6O/c23-17-10-12(24)4-6-15(17)20-19(25)16-7-5-14(30-22-21(26)27-8-9-28-22)11-18(16)29(20)13-2-1-3-13/h4-11,13H,1-3,24-25H2,(H2,26,27). The van der Waals surface area contributed by atoms with Gasteiger partial charge in [-0.15, -0.1) is 0 Å². The fraction of sp³-hybridized carbons (Fsp3) is 0.182. The third-order valence-electron chi connectivity index (χ3n) is 5.61. The molecule has 152 valence electrons. The van der Waals surface area contributed by atoms with E-state index in [-0.39, 0.29) is 11.7 Å². The smallest absolute Gasteiger partial charge is 0.262 e. The van der Waals surface area contributed by atoms with Crippen molar-refractivity contribution in [2.75, 3.05) is 17.2 Å². The summed E-state index contributed by atoms with van der Waals surface area (Å²) in [6, 6.07) is 11.6. The summed E-state index contributed by atoms with van der Waals surface area (Å²) < 4.78 is 8.18. The normalized spacial score (nSPS) is 14.0. The largest absolute Gasteiger partial charge is 0.436 e. The van der Waals surface area contributed by atoms with Crippen LogP contribution in [0.25, 0.3) is 22.2 Å². The molecule has 2 aromatic heterocycles. The van der Waals surface area contributed by atoms with Crippen molar-refractivity contribution in [3.63, 3.8) is 0 Å². The molecule has 4 aromatic rings. The molecule has 2 heterocycles. The zero-order valence-corrected chi connectivity index (χ0v) is 16.9. The second-order valence-electron chi connectivity index (χ2n) is 7.48. The molecule has 0 radical (unpaired) electrons. The van der Waals surface area contributed by atoms with Gasteiger partial charge in [0.05, 0.1) is 21.9 Å². The van der Waals surface area contributed by atoms with Crippen LogP contribution in [-0.4, -0.2) is 14.5 Å². The molecule has 0 saturated heterocycles. The molecule has 1 fully saturated rings. The van der Waals surface area contributed by atoms with Gasteiger partial charge in [-0.3, -0.25) is 0 Å². The molecule has 1 aliphatic carbocycles. The van der Waals surface area contributed by atoms with Gasteiger partial charge in [-0.1, -0.05) is 11.6 Å². The topological polar surface area (TPSA) is 118 Å². The molecular formula is C22H21ClN6O. The lowest BCUT2D eigenvalue weighted by Gasteiger charge is -2.30. The van der Waals surface area contributed by atoms with Gasteiger partial charge in [0.1, 0.15) is 5.75 Å². The van der Waals surface area contributed by atoms with E-state index in [4.69, 9.17) is 33.5 Å². The molecule has 0 atom stereocenters. The van der Waals surface area contributed by atoms with Crippen LogP contribution < -0.4 is 21.9 Å². The highest BCUT2D eigenvalue weighted by atomic mass is 35.5. The fourth-order valence-electron chi connectivity index (χ4n) is 3.93. The fourth-order valence-corrected chi connectivity index (χ4v) is 4.21. The molecule has 0 bridgehead atoms. The number of halogens is 1. The predicted molar refractivity (Wildman–Crippen MR) is 121 cm³/mol. The van der Waals surface area contributed by atoms with Gasteiger partial charge in [-0.05, 0) is 49.6 Å². The summed E-state index contributed by atoms with van der Waals surface area (Å²) in [6.45, 7) is 0. The Balaban J connectivity index is 1.69. The number of anilines is 3. The number of rotatable bonds is 4. The average molecular weight is 421 g/mol. The highest BCUT2D eigenvalue weighted by Gasteiger charge is 2.28. The lowest BCUT2D eigenvalue weighted by Crippen LogP contribution is -2.18. The minimum atomic E-state index is 0.237. The molecule has 2 aromatic carbocycles. The van der Waals surface area contributed by atoms with Crippen molar-refractivity contribution in [3.05, 3.63) is 53.8 Å². The van der Waals surface area contributed by atoms with E-state index < -0.39 is 0 Å². The molecular weight excluding hydrogens is 400 g/mol. The summed E-state index contributed by atoms with van der Waals surface area (Å²) in [6.07, 6.45) is 6.43. The predicted octanol–water partition coefficient (Wildman–Crippen LogP) is 5.02. The van der Waals surface area contributed by atoms with Gasteiger partial charge in [0, 0.05) is 41.1 Å². The first-order valence-corrected chi connectivity index (χ1v) is 10.1. The molecule has 6 N–H and O–H groups in total. The van der Waals surface area contributed by atoms with Crippen LogP contribution in [0.15, 0.2) is 48.8 Å². The molecule has 7 nitrogen and oxygen atoms in total. The van der Waals surface area contributed by atoms with Crippen LogP contribution in [0.2, 0.25) is 5.02 Å². The molecule has 0 unspecified atom stereocenters. The Morgan fingerprint density at radius 2 is 1.80 bits per heavy atom. The number of hydrogen-bond acceptors (Lipinski definition) is 6. The van der Waals surface area contributed by atoms with Gasteiger partial charge in [0.15, 0.2) is 5.82 Å². The summed E-state index contributed by atoms with van der Waals surface area (Å²) in [5.74, 6) is 1.12. The Kier molecular flexibility index (Phi) is 4.40. The summed E-state index contributed by atoms with van der Waals surface area (Å²) in [5.41, 5.74) is 22.5. The number of benzene rings is 2. The Bertz CT molecular complexity index is 1260. The lowest BCUT2D eigenvalue weighted by atomic mass is 9.92. The van der Waals surface area contributed by atoms with Gasteiger partial charge < -0.3 is 26.5 Å². The van der Waals surface area contributed by atoms with Gasteiger partial charge in [0.25, 0.3) is 5.88 Å². The minimum Gasteiger partial charge on any atom is -0.436 e. The van der Waals surface area contributed by atoms with Crippen LogP contribution in [0.4, 0.5) is 17.2 Å². The SMILES string of the molecule is Nc1ccc(-c2c(N)c3ccc(Oc4nccnc4N)cc3n2C2CCC2)c(Cl)c1. The van der Waals surface area contributed by atoms with Crippen molar-refractivity contribution < 1.29 is 4.74 Å². The van der Waals surface area contributed by atoms with Crippen LogP contribution in [0, 0.1) is 0 Å². The quantitative estimate of drug-likeness (QED) is 0.399. The highest BCUT2D eigenvalue weighted by Crippen LogP contribution is 2.46. The first kappa shape index (κ1) is 18.6. The second kappa shape index (κ2) is 7.11. The van der Waals surface area contributed by atoms with Crippen LogP contribution in [-0.2, 0) is 0 Å². The number of ether oxygens (including phenoxy) is 1. The van der Waals surface area contributed by atoms with E-state index in [1.807, 2.05) is 30.3 Å². The first-order chi connectivity index (χ1) is 14.5. The van der Waals surface area contributed by atoms with E-state index in [2.05, 4.69) is 14.5 Å². The number of hydrogen-bond donors (Lipinski definition) is 3. The zero-order valence-electron chi connectivity index (χ0n) is 16.2. The number of nitrogens with two attached hydrogens (primary N) is 3. The van der Waals surface area contributed by atoms with Gasteiger partial charge in [0.2, 0.25) is 0 Å². The monoisotopic (exact) mass is 420 g/mol. The molecule has 30 heavy (non-hydrogen) atoms. The third-order valence-corrected chi connectivity index (χ3v) is 5.92. The van der Waals surface area contributed by atoms with Gasteiger partial charge >= 0.3 is 0 Å². The Labute approximate surface area is 178 Å². The van der Waals surface area contributed by atoms with Crippen molar-refractivity contribution in [1.29, 1.82) is 0 Å². The number of aromatic nitrogens is 3. The summed E-state index contributed by atoms with van der Waals surface area (Å²) in [4.78, 5) is 8.18. The summed E-state index contributed by atoms with van der Waals surface area (Å²) in [5, 5.41) is 1.53. The van der Waals surface area contributed by atoms with Gasteiger partial charge in [-0.25, -0.2) is 9.97 Å². The van der Waals surface area contributed by atoms with Crippen LogP contribution >= 0.6 is 11.6 Å². The van der Waals surface area contributed by atoms with E-state index in [9.17, 15) is 0 Å². The van der Waals surface area contributed by atoms with E-state index in [0.29, 0.717) is 28.2 Å². The number of fused-ring (bicyclic) bond motifs is 1. The highest BCUT2D eigenvalue weighted by molar-refractivity contribution is 6.34. The molecule has 1 aliphatic rings. The van der Waals surface area contributed by atoms with Crippen molar-refractivity contribution in [2.24, 2.45) is 0 Å². The second-order valence-corrected chi connectivity index (χ2v) is 7.89. The van der Waals surface area contributed by atoms with Crippen LogP contribution in [0.1, 0.15) is 25.3 Å². The van der Waals surface area contributed by atoms with E-state index in [0.717, 1.165) is 35.0 Å². The summed E-state index contributed by atoms with van der Waals surface area (Å²) in [7, 11) is 0. The molecule has 0 aliphatic heterocycles. The Hall–Kier alpha value is -3.45. The lowest BCUT2D eigenvalue weighted by molar-refractivity contribution is 0.324. The van der Waals surface area contributed by atoms with Crippen LogP contribution in [0.3, 0.4) is 0 Å². The maximum Gasteiger partial charge on any atom is 0.262 e. The van der Waals surface area contributed by atoms with Crippen molar-refractivity contribution >= 4 is 39.7 Å². The molecule has 0 amide bonds.